The van der Waals surface area contributed by atoms with E-state index in [0.29, 0.717) is 24.6 Å². The van der Waals surface area contributed by atoms with E-state index in [1.165, 1.54) is 17.0 Å². The van der Waals surface area contributed by atoms with E-state index >= 15 is 0 Å². The summed E-state index contributed by atoms with van der Waals surface area (Å²) in [4.78, 5) is 28.3. The molecular formula is C30H37N3O5S. The highest BCUT2D eigenvalue weighted by Gasteiger charge is 2.32. The van der Waals surface area contributed by atoms with Crippen LogP contribution in [0.25, 0.3) is 0 Å². The molecule has 2 amide bonds. The van der Waals surface area contributed by atoms with E-state index in [4.69, 9.17) is 4.74 Å². The van der Waals surface area contributed by atoms with Gasteiger partial charge in [0.1, 0.15) is 18.3 Å². The first-order valence-corrected chi connectivity index (χ1v) is 14.5. The first kappa shape index (κ1) is 29.7. The van der Waals surface area contributed by atoms with E-state index in [9.17, 15) is 18.0 Å². The molecule has 0 saturated heterocycles. The number of nitrogens with zero attached hydrogens (tertiary/aromatic N) is 2. The largest absolute Gasteiger partial charge is 0.494 e. The second-order valence-corrected chi connectivity index (χ2v) is 11.0. The highest BCUT2D eigenvalue weighted by molar-refractivity contribution is 7.92. The van der Waals surface area contributed by atoms with E-state index in [1.54, 1.807) is 49.4 Å². The zero-order chi connectivity index (χ0) is 28.4. The van der Waals surface area contributed by atoms with Gasteiger partial charge in [0.2, 0.25) is 11.8 Å². The Kier molecular flexibility index (Phi) is 10.5. The van der Waals surface area contributed by atoms with Crippen molar-refractivity contribution in [2.45, 2.75) is 51.6 Å². The van der Waals surface area contributed by atoms with Gasteiger partial charge in [-0.2, -0.15) is 0 Å². The molecule has 39 heavy (non-hydrogen) atoms. The maximum Gasteiger partial charge on any atom is 0.264 e. The van der Waals surface area contributed by atoms with Gasteiger partial charge >= 0.3 is 0 Å². The van der Waals surface area contributed by atoms with Gasteiger partial charge in [0, 0.05) is 13.1 Å². The average molecular weight is 552 g/mol. The highest BCUT2D eigenvalue weighted by atomic mass is 32.2. The number of hydrogen-bond donors (Lipinski definition) is 1. The van der Waals surface area contributed by atoms with Gasteiger partial charge in [-0.05, 0) is 74.7 Å². The molecule has 0 aliphatic carbocycles. The maximum atomic E-state index is 13.9. The molecule has 8 nitrogen and oxygen atoms in total. The zero-order valence-electron chi connectivity index (χ0n) is 23.0. The van der Waals surface area contributed by atoms with Gasteiger partial charge in [0.05, 0.1) is 17.2 Å². The third kappa shape index (κ3) is 7.60. The molecule has 0 aliphatic heterocycles. The number of aryl methyl sites for hydroxylation is 1. The zero-order valence-corrected chi connectivity index (χ0v) is 23.8. The number of para-hydroxylation sites is 1. The van der Waals surface area contributed by atoms with Crippen molar-refractivity contribution in [3.05, 3.63) is 90.0 Å². The number of benzene rings is 3. The van der Waals surface area contributed by atoms with Gasteiger partial charge in [0.15, 0.2) is 0 Å². The monoisotopic (exact) mass is 551 g/mol. The van der Waals surface area contributed by atoms with Crippen molar-refractivity contribution in [2.75, 3.05) is 24.0 Å². The number of rotatable bonds is 13. The minimum atomic E-state index is -4.13. The second kappa shape index (κ2) is 13.8. The van der Waals surface area contributed by atoms with Gasteiger partial charge < -0.3 is 15.0 Å². The van der Waals surface area contributed by atoms with Crippen LogP contribution in [0, 0.1) is 6.92 Å². The standard InChI is InChI=1S/C30H37N3O5S/c1-5-20-31-30(35)24(4)32(21-25-13-11-10-12-23(25)3)29(34)22-33(26-14-8-7-9-15-26)39(36,37)28-18-16-27(17-19-28)38-6-2/h7-19,24H,5-6,20-22H2,1-4H3,(H,31,35). The summed E-state index contributed by atoms with van der Waals surface area (Å²) in [7, 11) is -4.13. The summed E-state index contributed by atoms with van der Waals surface area (Å²) < 4.78 is 34.2. The Labute approximate surface area is 231 Å². The van der Waals surface area contributed by atoms with Crippen LogP contribution in [0.1, 0.15) is 38.3 Å². The van der Waals surface area contributed by atoms with E-state index in [2.05, 4.69) is 5.32 Å². The van der Waals surface area contributed by atoms with Gasteiger partial charge in [-0.15, -0.1) is 0 Å². The van der Waals surface area contributed by atoms with Crippen molar-refractivity contribution in [3.8, 4) is 5.75 Å². The van der Waals surface area contributed by atoms with Crippen molar-refractivity contribution in [1.29, 1.82) is 0 Å². The molecule has 0 aromatic heterocycles. The molecule has 9 heteroatoms. The van der Waals surface area contributed by atoms with Crippen molar-refractivity contribution in [1.82, 2.24) is 10.2 Å². The fourth-order valence-corrected chi connectivity index (χ4v) is 5.49. The van der Waals surface area contributed by atoms with Crippen LogP contribution in [0.4, 0.5) is 5.69 Å². The van der Waals surface area contributed by atoms with Crippen LogP contribution in [0.2, 0.25) is 0 Å². The molecule has 1 N–H and O–H groups in total. The lowest BCUT2D eigenvalue weighted by Crippen LogP contribution is -2.51. The third-order valence-corrected chi connectivity index (χ3v) is 8.15. The predicted octanol–water partition coefficient (Wildman–Crippen LogP) is 4.53. The number of carbonyl (C=O) groups excluding carboxylic acids is 2. The molecule has 208 valence electrons. The Hall–Kier alpha value is -3.85. The molecule has 3 aromatic rings. The first-order chi connectivity index (χ1) is 18.7. The minimum Gasteiger partial charge on any atom is -0.494 e. The Morgan fingerprint density at radius 1 is 0.923 bits per heavy atom. The average Bonchev–Trinajstić information content (AvgIpc) is 2.94. The summed E-state index contributed by atoms with van der Waals surface area (Å²) in [6.07, 6.45) is 0.756. The quantitative estimate of drug-likeness (QED) is 0.337. The summed E-state index contributed by atoms with van der Waals surface area (Å²) in [6.45, 7) is 8.02. The van der Waals surface area contributed by atoms with Crippen LogP contribution in [0.5, 0.6) is 5.75 Å². The van der Waals surface area contributed by atoms with Crippen molar-refractivity contribution < 1.29 is 22.7 Å². The Morgan fingerprint density at radius 3 is 2.18 bits per heavy atom. The number of amides is 2. The second-order valence-electron chi connectivity index (χ2n) is 9.17. The Morgan fingerprint density at radius 2 is 1.56 bits per heavy atom. The molecule has 3 rings (SSSR count). The fraction of sp³-hybridized carbons (Fsp3) is 0.333. The van der Waals surface area contributed by atoms with Crippen molar-refractivity contribution in [3.63, 3.8) is 0 Å². The maximum absolute atomic E-state index is 13.9. The summed E-state index contributed by atoms with van der Waals surface area (Å²) in [6, 6.07) is 21.4. The molecule has 0 heterocycles. The van der Waals surface area contributed by atoms with Crippen LogP contribution in [0.15, 0.2) is 83.8 Å². The van der Waals surface area contributed by atoms with E-state index in [1.807, 2.05) is 45.0 Å². The molecule has 0 spiro atoms. The molecule has 0 fully saturated rings. The number of nitrogens with one attached hydrogen (secondary N) is 1. The van der Waals surface area contributed by atoms with Crippen LogP contribution < -0.4 is 14.4 Å². The molecule has 0 bridgehead atoms. The smallest absolute Gasteiger partial charge is 0.264 e. The molecule has 3 aromatic carbocycles. The van der Waals surface area contributed by atoms with Crippen LogP contribution >= 0.6 is 0 Å². The fourth-order valence-electron chi connectivity index (χ4n) is 4.07. The third-order valence-electron chi connectivity index (χ3n) is 6.36. The SMILES string of the molecule is CCCNC(=O)C(C)N(Cc1ccccc1C)C(=O)CN(c1ccccc1)S(=O)(=O)c1ccc(OCC)cc1. The number of carbonyl (C=O) groups is 2. The number of anilines is 1. The lowest BCUT2D eigenvalue weighted by atomic mass is 10.1. The number of ether oxygens (including phenoxy) is 1. The lowest BCUT2D eigenvalue weighted by molar-refractivity contribution is -0.139. The molecular weight excluding hydrogens is 514 g/mol. The molecule has 0 aliphatic rings. The number of sulfonamides is 1. The Balaban J connectivity index is 1.99. The van der Waals surface area contributed by atoms with Gasteiger partial charge in [-0.3, -0.25) is 13.9 Å². The highest BCUT2D eigenvalue weighted by Crippen LogP contribution is 2.26. The summed E-state index contributed by atoms with van der Waals surface area (Å²) in [5, 5.41) is 2.85. The molecule has 1 atom stereocenters. The molecule has 0 radical (unpaired) electrons. The molecule has 0 saturated carbocycles. The molecule has 1 unspecified atom stereocenters. The summed E-state index contributed by atoms with van der Waals surface area (Å²) >= 11 is 0. The lowest BCUT2D eigenvalue weighted by Gasteiger charge is -2.32. The van der Waals surface area contributed by atoms with Gasteiger partial charge in [0.25, 0.3) is 10.0 Å². The van der Waals surface area contributed by atoms with Crippen LogP contribution in [-0.4, -0.2) is 50.9 Å². The van der Waals surface area contributed by atoms with E-state index in [-0.39, 0.29) is 17.3 Å². The van der Waals surface area contributed by atoms with Crippen molar-refractivity contribution >= 4 is 27.5 Å². The normalized spacial score (nSPS) is 11.9. The van der Waals surface area contributed by atoms with Crippen molar-refractivity contribution in [2.24, 2.45) is 0 Å². The minimum absolute atomic E-state index is 0.0294. The van der Waals surface area contributed by atoms with E-state index < -0.39 is 28.5 Å². The predicted molar refractivity (Wildman–Crippen MR) is 153 cm³/mol. The Bertz CT molecular complexity index is 1340. The van der Waals surface area contributed by atoms with Crippen LogP contribution in [-0.2, 0) is 26.2 Å². The van der Waals surface area contributed by atoms with E-state index in [0.717, 1.165) is 21.9 Å². The van der Waals surface area contributed by atoms with Gasteiger partial charge in [-0.1, -0.05) is 49.4 Å². The summed E-state index contributed by atoms with van der Waals surface area (Å²) in [5.41, 5.74) is 2.19. The van der Waals surface area contributed by atoms with Crippen LogP contribution in [0.3, 0.4) is 0 Å². The summed E-state index contributed by atoms with van der Waals surface area (Å²) in [5.74, 6) is -0.231. The topological polar surface area (TPSA) is 96.0 Å². The van der Waals surface area contributed by atoms with Gasteiger partial charge in [-0.25, -0.2) is 8.42 Å². The first-order valence-electron chi connectivity index (χ1n) is 13.1. The number of hydrogen-bond acceptors (Lipinski definition) is 5.